The first-order valence-electron chi connectivity index (χ1n) is 5.88. The fourth-order valence-electron chi connectivity index (χ4n) is 1.74. The molecule has 0 radical (unpaired) electrons. The second kappa shape index (κ2) is 6.21. The quantitative estimate of drug-likeness (QED) is 0.830. The molecule has 0 aliphatic carbocycles. The Morgan fingerprint density at radius 3 is 2.89 bits per heavy atom. The maximum atomic E-state index is 10.6. The van der Waals surface area contributed by atoms with E-state index in [-0.39, 0.29) is 11.8 Å². The normalized spacial score (nSPS) is 11.1. The Morgan fingerprint density at radius 2 is 2.32 bits per heavy atom. The van der Waals surface area contributed by atoms with Gasteiger partial charge in [0.05, 0.1) is 5.75 Å². The van der Waals surface area contributed by atoms with Crippen LogP contribution in [0.5, 0.6) is 0 Å². The standard InChI is InChI=1S/C12H15N3O2S2/c1-8(2)15-10(6-9-4-3-5-18-9)13-14-12(15)19-7-11(16)17/h3-5,8H,6-7H2,1-2H3,(H,16,17). The number of thiophene rings is 1. The minimum Gasteiger partial charge on any atom is -0.481 e. The molecule has 0 saturated carbocycles. The van der Waals surface area contributed by atoms with E-state index in [1.54, 1.807) is 11.3 Å². The number of carbonyl (C=O) groups is 1. The Hall–Kier alpha value is -1.34. The molecule has 102 valence electrons. The average Bonchev–Trinajstić information content (AvgIpc) is 2.96. The minimum atomic E-state index is -0.844. The van der Waals surface area contributed by atoms with Gasteiger partial charge in [0.25, 0.3) is 0 Å². The molecule has 2 aromatic heterocycles. The predicted molar refractivity (Wildman–Crippen MR) is 75.9 cm³/mol. The molecule has 2 heterocycles. The van der Waals surface area contributed by atoms with Crippen LogP contribution in [0.25, 0.3) is 0 Å². The fourth-order valence-corrected chi connectivity index (χ4v) is 3.25. The van der Waals surface area contributed by atoms with Gasteiger partial charge in [0.15, 0.2) is 5.16 Å². The van der Waals surface area contributed by atoms with Crippen LogP contribution in [0.3, 0.4) is 0 Å². The monoisotopic (exact) mass is 297 g/mol. The highest BCUT2D eigenvalue weighted by Crippen LogP contribution is 2.23. The van der Waals surface area contributed by atoms with Gasteiger partial charge in [-0.15, -0.1) is 21.5 Å². The first-order valence-corrected chi connectivity index (χ1v) is 7.75. The maximum absolute atomic E-state index is 10.6. The molecule has 2 aromatic rings. The molecule has 5 nitrogen and oxygen atoms in total. The summed E-state index contributed by atoms with van der Waals surface area (Å²) in [4.78, 5) is 11.9. The van der Waals surface area contributed by atoms with Crippen molar-refractivity contribution in [3.63, 3.8) is 0 Å². The third-order valence-corrected chi connectivity index (χ3v) is 4.29. The molecular weight excluding hydrogens is 282 g/mol. The van der Waals surface area contributed by atoms with E-state index >= 15 is 0 Å². The summed E-state index contributed by atoms with van der Waals surface area (Å²) >= 11 is 2.89. The smallest absolute Gasteiger partial charge is 0.313 e. The van der Waals surface area contributed by atoms with Gasteiger partial charge in [0, 0.05) is 17.3 Å². The summed E-state index contributed by atoms with van der Waals surface area (Å²) in [5, 5.41) is 19.7. The van der Waals surface area contributed by atoms with Gasteiger partial charge in [0.2, 0.25) is 0 Å². The van der Waals surface area contributed by atoms with Crippen LogP contribution in [0.4, 0.5) is 0 Å². The Balaban J connectivity index is 2.21. The van der Waals surface area contributed by atoms with Crippen LogP contribution in [0.15, 0.2) is 22.7 Å². The van der Waals surface area contributed by atoms with E-state index in [2.05, 4.69) is 16.3 Å². The van der Waals surface area contributed by atoms with Gasteiger partial charge >= 0.3 is 5.97 Å². The van der Waals surface area contributed by atoms with E-state index in [0.717, 1.165) is 12.2 Å². The van der Waals surface area contributed by atoms with E-state index in [1.165, 1.54) is 16.6 Å². The van der Waals surface area contributed by atoms with Crippen molar-refractivity contribution in [3.8, 4) is 0 Å². The van der Waals surface area contributed by atoms with E-state index in [0.29, 0.717) is 5.16 Å². The highest BCUT2D eigenvalue weighted by atomic mass is 32.2. The average molecular weight is 297 g/mol. The molecule has 7 heteroatoms. The van der Waals surface area contributed by atoms with Crippen molar-refractivity contribution in [2.24, 2.45) is 0 Å². The lowest BCUT2D eigenvalue weighted by Gasteiger charge is -2.12. The summed E-state index contributed by atoms with van der Waals surface area (Å²) < 4.78 is 2.01. The number of hydrogen-bond donors (Lipinski definition) is 1. The molecule has 19 heavy (non-hydrogen) atoms. The molecule has 0 saturated heterocycles. The van der Waals surface area contributed by atoms with Crippen molar-refractivity contribution in [2.75, 3.05) is 5.75 Å². The van der Waals surface area contributed by atoms with Crippen LogP contribution < -0.4 is 0 Å². The zero-order valence-electron chi connectivity index (χ0n) is 10.7. The van der Waals surface area contributed by atoms with Crippen molar-refractivity contribution in [3.05, 3.63) is 28.2 Å². The largest absolute Gasteiger partial charge is 0.481 e. The molecule has 0 bridgehead atoms. The molecule has 2 rings (SSSR count). The van der Waals surface area contributed by atoms with E-state index in [1.807, 2.05) is 29.9 Å². The van der Waals surface area contributed by atoms with E-state index in [9.17, 15) is 4.79 Å². The zero-order chi connectivity index (χ0) is 13.8. The van der Waals surface area contributed by atoms with Gasteiger partial charge in [-0.1, -0.05) is 17.8 Å². The van der Waals surface area contributed by atoms with Crippen LogP contribution >= 0.6 is 23.1 Å². The molecule has 0 amide bonds. The second-order valence-corrected chi connectivity index (χ2v) is 6.28. The van der Waals surface area contributed by atoms with Gasteiger partial charge in [-0.2, -0.15) is 0 Å². The topological polar surface area (TPSA) is 68.0 Å². The lowest BCUT2D eigenvalue weighted by molar-refractivity contribution is -0.133. The number of aliphatic carboxylic acids is 1. The van der Waals surface area contributed by atoms with Crippen LogP contribution in [-0.4, -0.2) is 31.6 Å². The Bertz CT molecular complexity index is 549. The molecule has 0 atom stereocenters. The molecular formula is C12H15N3O2S2. The molecule has 0 aliphatic rings. The molecule has 0 aliphatic heterocycles. The lowest BCUT2D eigenvalue weighted by Crippen LogP contribution is -2.09. The number of nitrogens with zero attached hydrogens (tertiary/aromatic N) is 3. The van der Waals surface area contributed by atoms with Crippen molar-refractivity contribution in [1.29, 1.82) is 0 Å². The highest BCUT2D eigenvalue weighted by Gasteiger charge is 2.16. The zero-order valence-corrected chi connectivity index (χ0v) is 12.4. The van der Waals surface area contributed by atoms with Crippen LogP contribution in [-0.2, 0) is 11.2 Å². The van der Waals surface area contributed by atoms with Crippen molar-refractivity contribution >= 4 is 29.1 Å². The molecule has 0 aromatic carbocycles. The lowest BCUT2D eigenvalue weighted by atomic mass is 10.3. The van der Waals surface area contributed by atoms with Crippen molar-refractivity contribution in [1.82, 2.24) is 14.8 Å². The van der Waals surface area contributed by atoms with Crippen molar-refractivity contribution in [2.45, 2.75) is 31.5 Å². The third-order valence-electron chi connectivity index (χ3n) is 2.49. The summed E-state index contributed by atoms with van der Waals surface area (Å²) in [6, 6.07) is 4.28. The number of carboxylic acids is 1. The number of aromatic nitrogens is 3. The van der Waals surface area contributed by atoms with Gasteiger partial charge in [-0.3, -0.25) is 4.79 Å². The molecule has 0 fully saturated rings. The van der Waals surface area contributed by atoms with E-state index < -0.39 is 5.97 Å². The molecule has 0 spiro atoms. The number of hydrogen-bond acceptors (Lipinski definition) is 5. The molecule has 1 N–H and O–H groups in total. The summed E-state index contributed by atoms with van der Waals surface area (Å²) in [5.74, 6) is 0.0394. The first kappa shape index (κ1) is 14.1. The Kier molecular flexibility index (Phi) is 4.60. The predicted octanol–water partition coefficient (Wildman–Crippen LogP) is 2.69. The summed E-state index contributed by atoms with van der Waals surface area (Å²) in [5.41, 5.74) is 0. The maximum Gasteiger partial charge on any atom is 0.313 e. The van der Waals surface area contributed by atoms with Crippen LogP contribution in [0.2, 0.25) is 0 Å². The highest BCUT2D eigenvalue weighted by molar-refractivity contribution is 7.99. The molecule has 0 unspecified atom stereocenters. The van der Waals surface area contributed by atoms with Crippen molar-refractivity contribution < 1.29 is 9.90 Å². The Morgan fingerprint density at radius 1 is 1.53 bits per heavy atom. The SMILES string of the molecule is CC(C)n1c(Cc2cccs2)nnc1SCC(=O)O. The van der Waals surface area contributed by atoms with Crippen LogP contribution in [0.1, 0.15) is 30.6 Å². The fraction of sp³-hybridized carbons (Fsp3) is 0.417. The summed E-state index contributed by atoms with van der Waals surface area (Å²) in [6.45, 7) is 4.10. The van der Waals surface area contributed by atoms with Gasteiger partial charge in [-0.25, -0.2) is 0 Å². The van der Waals surface area contributed by atoms with Gasteiger partial charge in [-0.05, 0) is 25.3 Å². The first-order chi connectivity index (χ1) is 9.08. The third kappa shape index (κ3) is 3.57. The summed E-state index contributed by atoms with van der Waals surface area (Å²) in [6.07, 6.45) is 0.733. The summed E-state index contributed by atoms with van der Waals surface area (Å²) in [7, 11) is 0. The van der Waals surface area contributed by atoms with Crippen LogP contribution in [0, 0.1) is 0 Å². The number of thioether (sulfide) groups is 1. The number of rotatable bonds is 6. The van der Waals surface area contributed by atoms with Gasteiger partial charge < -0.3 is 9.67 Å². The van der Waals surface area contributed by atoms with E-state index in [4.69, 9.17) is 5.11 Å². The van der Waals surface area contributed by atoms with Gasteiger partial charge in [0.1, 0.15) is 5.82 Å². The minimum absolute atomic E-state index is 0.00382. The Labute approximate surface area is 119 Å². The second-order valence-electron chi connectivity index (χ2n) is 4.30. The number of carboxylic acid groups (broad SMARTS) is 1.